The van der Waals surface area contributed by atoms with Gasteiger partial charge in [-0.15, -0.1) is 0 Å². The summed E-state index contributed by atoms with van der Waals surface area (Å²) in [7, 11) is 4.37. The summed E-state index contributed by atoms with van der Waals surface area (Å²) >= 11 is 0. The summed E-state index contributed by atoms with van der Waals surface area (Å²) in [6, 6.07) is 8.92. The fourth-order valence-electron chi connectivity index (χ4n) is 1.93. The fourth-order valence-corrected chi connectivity index (χ4v) is 1.93. The summed E-state index contributed by atoms with van der Waals surface area (Å²) in [5.74, 6) is 0.0703. The molecule has 0 heterocycles. The monoisotopic (exact) mass is 290 g/mol. The molecule has 0 bridgehead atoms. The van der Waals surface area contributed by atoms with Crippen molar-refractivity contribution in [2.75, 3.05) is 21.3 Å². The molecule has 2 aromatic carbocycles. The predicted molar refractivity (Wildman–Crippen MR) is 75.9 cm³/mol. The molecule has 2 rings (SSSR count). The number of carbonyl (C=O) groups excluding carboxylic acids is 1. The zero-order chi connectivity index (χ0) is 15.4. The predicted octanol–water partition coefficient (Wildman–Crippen LogP) is 3.08. The summed E-state index contributed by atoms with van der Waals surface area (Å²) < 4.78 is 29.2. The lowest BCUT2D eigenvalue weighted by molar-refractivity contribution is 0.103. The largest absolute Gasteiger partial charge is 0.497 e. The smallest absolute Gasteiger partial charge is 0.196 e. The van der Waals surface area contributed by atoms with Crippen LogP contribution in [0.4, 0.5) is 4.39 Å². The standard InChI is InChI=1S/C16H15FO4/c1-19-11-6-4-10(5-7-11)16(18)12-8-14(20-2)15(21-3)9-13(12)17/h4-9H,1-3H3. The molecule has 0 saturated carbocycles. The highest BCUT2D eigenvalue weighted by Crippen LogP contribution is 2.31. The van der Waals surface area contributed by atoms with Crippen LogP contribution in [0.15, 0.2) is 36.4 Å². The van der Waals surface area contributed by atoms with E-state index in [4.69, 9.17) is 14.2 Å². The Morgan fingerprint density at radius 1 is 0.905 bits per heavy atom. The van der Waals surface area contributed by atoms with Crippen molar-refractivity contribution in [3.63, 3.8) is 0 Å². The van der Waals surface area contributed by atoms with Crippen molar-refractivity contribution in [3.8, 4) is 17.2 Å². The third kappa shape index (κ3) is 2.97. The highest BCUT2D eigenvalue weighted by atomic mass is 19.1. The van der Waals surface area contributed by atoms with Gasteiger partial charge in [-0.25, -0.2) is 4.39 Å². The highest BCUT2D eigenvalue weighted by Gasteiger charge is 2.18. The van der Waals surface area contributed by atoms with E-state index in [0.717, 1.165) is 6.07 Å². The Kier molecular flexibility index (Phi) is 4.42. The van der Waals surface area contributed by atoms with Crippen LogP contribution >= 0.6 is 0 Å². The van der Waals surface area contributed by atoms with Crippen LogP contribution in [0.5, 0.6) is 17.2 Å². The lowest BCUT2D eigenvalue weighted by Crippen LogP contribution is -2.06. The number of ketones is 1. The summed E-state index contributed by atoms with van der Waals surface area (Å²) in [6.07, 6.45) is 0. The first kappa shape index (κ1) is 14.8. The summed E-state index contributed by atoms with van der Waals surface area (Å²) in [5.41, 5.74) is 0.291. The van der Waals surface area contributed by atoms with Crippen molar-refractivity contribution in [1.82, 2.24) is 0 Å². The van der Waals surface area contributed by atoms with Gasteiger partial charge in [0.05, 0.1) is 26.9 Å². The van der Waals surface area contributed by atoms with Crippen molar-refractivity contribution >= 4 is 5.78 Å². The molecule has 0 saturated heterocycles. The van der Waals surface area contributed by atoms with Crippen LogP contribution in [0.1, 0.15) is 15.9 Å². The van der Waals surface area contributed by atoms with Gasteiger partial charge in [0.1, 0.15) is 11.6 Å². The minimum atomic E-state index is -0.659. The number of hydrogen-bond acceptors (Lipinski definition) is 4. The Bertz CT molecular complexity index is 650. The molecule has 2 aromatic rings. The second-order valence-electron chi connectivity index (χ2n) is 4.24. The van der Waals surface area contributed by atoms with Crippen molar-refractivity contribution in [1.29, 1.82) is 0 Å². The van der Waals surface area contributed by atoms with Crippen molar-refractivity contribution in [3.05, 3.63) is 53.3 Å². The molecule has 4 nitrogen and oxygen atoms in total. The summed E-state index contributed by atoms with van der Waals surface area (Å²) in [6.45, 7) is 0. The SMILES string of the molecule is COc1ccc(C(=O)c2cc(OC)c(OC)cc2F)cc1. The van der Waals surface area contributed by atoms with Crippen LogP contribution in [0.25, 0.3) is 0 Å². The Hall–Kier alpha value is -2.56. The van der Waals surface area contributed by atoms with E-state index in [1.165, 1.54) is 27.4 Å². The molecule has 0 aliphatic rings. The summed E-state index contributed by atoms with van der Waals surface area (Å²) in [4.78, 5) is 12.4. The molecule has 0 amide bonds. The van der Waals surface area contributed by atoms with E-state index < -0.39 is 11.6 Å². The maximum Gasteiger partial charge on any atom is 0.196 e. The van der Waals surface area contributed by atoms with Gasteiger partial charge in [-0.2, -0.15) is 0 Å². The van der Waals surface area contributed by atoms with Crippen molar-refractivity contribution in [2.24, 2.45) is 0 Å². The lowest BCUT2D eigenvalue weighted by atomic mass is 10.0. The first-order valence-corrected chi connectivity index (χ1v) is 6.21. The number of ether oxygens (including phenoxy) is 3. The first-order chi connectivity index (χ1) is 10.1. The number of carbonyl (C=O) groups is 1. The quantitative estimate of drug-likeness (QED) is 0.794. The molecule has 0 unspecified atom stereocenters. The number of halogens is 1. The average Bonchev–Trinajstić information content (AvgIpc) is 2.54. The molecular weight excluding hydrogens is 275 g/mol. The lowest BCUT2D eigenvalue weighted by Gasteiger charge is -2.10. The second kappa shape index (κ2) is 6.26. The maximum absolute atomic E-state index is 14.1. The number of methoxy groups -OCH3 is 3. The van der Waals surface area contributed by atoms with Crippen molar-refractivity contribution in [2.45, 2.75) is 0 Å². The molecule has 0 atom stereocenters. The van der Waals surface area contributed by atoms with E-state index in [1.54, 1.807) is 24.3 Å². The summed E-state index contributed by atoms with van der Waals surface area (Å²) in [5, 5.41) is 0. The van der Waals surface area contributed by atoms with Crippen LogP contribution in [0.2, 0.25) is 0 Å². The zero-order valence-electron chi connectivity index (χ0n) is 12.0. The van der Waals surface area contributed by atoms with Gasteiger partial charge in [-0.05, 0) is 30.3 Å². The number of benzene rings is 2. The molecular formula is C16H15FO4. The van der Waals surface area contributed by atoms with Crippen molar-refractivity contribution < 1.29 is 23.4 Å². The minimum absolute atomic E-state index is 0.0715. The average molecular weight is 290 g/mol. The van der Waals surface area contributed by atoms with E-state index in [-0.39, 0.29) is 11.3 Å². The Labute approximate surface area is 122 Å². The molecule has 0 aliphatic heterocycles. The minimum Gasteiger partial charge on any atom is -0.497 e. The van der Waals surface area contributed by atoms with Gasteiger partial charge >= 0.3 is 0 Å². The van der Waals surface area contributed by atoms with Gasteiger partial charge in [0.2, 0.25) is 0 Å². The molecule has 21 heavy (non-hydrogen) atoms. The molecule has 0 spiro atoms. The van der Waals surface area contributed by atoms with Gasteiger partial charge in [0, 0.05) is 11.6 Å². The van der Waals surface area contributed by atoms with E-state index in [0.29, 0.717) is 17.1 Å². The van der Waals surface area contributed by atoms with E-state index >= 15 is 0 Å². The van der Waals surface area contributed by atoms with Gasteiger partial charge in [-0.1, -0.05) is 0 Å². The molecule has 0 fully saturated rings. The molecule has 0 aliphatic carbocycles. The Morgan fingerprint density at radius 2 is 1.48 bits per heavy atom. The third-order valence-corrected chi connectivity index (χ3v) is 3.07. The van der Waals surface area contributed by atoms with Crippen LogP contribution in [-0.4, -0.2) is 27.1 Å². The number of hydrogen-bond donors (Lipinski definition) is 0. The molecule has 5 heteroatoms. The maximum atomic E-state index is 14.1. The van der Waals surface area contributed by atoms with Crippen LogP contribution in [-0.2, 0) is 0 Å². The van der Waals surface area contributed by atoms with Gasteiger partial charge in [0.15, 0.2) is 17.3 Å². The molecule has 0 aromatic heterocycles. The highest BCUT2D eigenvalue weighted by molar-refractivity contribution is 6.09. The van der Waals surface area contributed by atoms with E-state index in [2.05, 4.69) is 0 Å². The van der Waals surface area contributed by atoms with Gasteiger partial charge < -0.3 is 14.2 Å². The number of rotatable bonds is 5. The topological polar surface area (TPSA) is 44.8 Å². The Balaban J connectivity index is 2.42. The normalized spacial score (nSPS) is 10.1. The zero-order valence-corrected chi connectivity index (χ0v) is 12.0. The van der Waals surface area contributed by atoms with Gasteiger partial charge in [-0.3, -0.25) is 4.79 Å². The second-order valence-corrected chi connectivity index (χ2v) is 4.24. The third-order valence-electron chi connectivity index (χ3n) is 3.07. The van der Waals surface area contributed by atoms with Crippen LogP contribution < -0.4 is 14.2 Å². The van der Waals surface area contributed by atoms with E-state index in [9.17, 15) is 9.18 Å². The van der Waals surface area contributed by atoms with Crippen LogP contribution in [0, 0.1) is 5.82 Å². The fraction of sp³-hybridized carbons (Fsp3) is 0.188. The molecule has 0 N–H and O–H groups in total. The van der Waals surface area contributed by atoms with Crippen LogP contribution in [0.3, 0.4) is 0 Å². The first-order valence-electron chi connectivity index (χ1n) is 6.21. The Morgan fingerprint density at radius 3 is 2.00 bits per heavy atom. The van der Waals surface area contributed by atoms with Gasteiger partial charge in [0.25, 0.3) is 0 Å². The molecule has 110 valence electrons. The van der Waals surface area contributed by atoms with E-state index in [1.807, 2.05) is 0 Å². The molecule has 0 radical (unpaired) electrons.